The molecule has 29 heavy (non-hydrogen) atoms. The minimum Gasteiger partial charge on any atom is -0.449 e. The topological polar surface area (TPSA) is 98.5 Å². The molecule has 0 aliphatic carbocycles. The Kier molecular flexibility index (Phi) is 6.71. The maximum Gasteiger partial charge on any atom is 0.416 e. The zero-order valence-electron chi connectivity index (χ0n) is 15.0. The molecule has 0 saturated carbocycles. The molecule has 0 spiro atoms. The molecule has 2 rings (SSSR count). The predicted octanol–water partition coefficient (Wildman–Crippen LogP) is 4.20. The van der Waals surface area contributed by atoms with Gasteiger partial charge in [-0.25, -0.2) is 4.79 Å². The first-order chi connectivity index (χ1) is 13.6. The van der Waals surface area contributed by atoms with Crippen molar-refractivity contribution < 1.29 is 32.4 Å². The number of hydrogen-bond donors (Lipinski definition) is 1. The third kappa shape index (κ3) is 6.45. The van der Waals surface area contributed by atoms with Crippen LogP contribution in [0.25, 0.3) is 6.08 Å². The van der Waals surface area contributed by atoms with E-state index in [0.717, 1.165) is 30.4 Å². The molecule has 1 amide bonds. The van der Waals surface area contributed by atoms with Crippen LogP contribution in [-0.4, -0.2) is 22.9 Å². The third-order valence-corrected chi connectivity index (χ3v) is 3.61. The lowest BCUT2D eigenvalue weighted by Crippen LogP contribution is -2.29. The van der Waals surface area contributed by atoms with Gasteiger partial charge in [-0.3, -0.25) is 14.9 Å². The average Bonchev–Trinajstić information content (AvgIpc) is 2.66. The van der Waals surface area contributed by atoms with E-state index < -0.39 is 34.6 Å². The molecule has 1 unspecified atom stereocenters. The first-order valence-electron chi connectivity index (χ1n) is 8.17. The van der Waals surface area contributed by atoms with E-state index in [1.807, 2.05) is 0 Å². The van der Waals surface area contributed by atoms with E-state index in [9.17, 15) is 32.9 Å². The number of benzene rings is 2. The zero-order chi connectivity index (χ0) is 21.6. The van der Waals surface area contributed by atoms with E-state index in [1.165, 1.54) is 37.3 Å². The molecule has 0 radical (unpaired) electrons. The summed E-state index contributed by atoms with van der Waals surface area (Å²) in [5.74, 6) is -1.67. The molecule has 0 fully saturated rings. The molecule has 0 aromatic heterocycles. The molecule has 0 aliphatic heterocycles. The Morgan fingerprint density at radius 1 is 1.17 bits per heavy atom. The molecule has 2 aromatic rings. The lowest BCUT2D eigenvalue weighted by atomic mass is 10.1. The number of non-ortho nitro benzene ring substituents is 1. The number of carbonyl (C=O) groups is 2. The number of amides is 1. The highest BCUT2D eigenvalue weighted by Gasteiger charge is 2.30. The number of nitrogens with one attached hydrogen (secondary N) is 1. The van der Waals surface area contributed by atoms with Crippen molar-refractivity contribution in [2.75, 3.05) is 5.32 Å². The quantitative estimate of drug-likeness (QED) is 0.334. The van der Waals surface area contributed by atoms with Crippen LogP contribution in [0.3, 0.4) is 0 Å². The highest BCUT2D eigenvalue weighted by molar-refractivity contribution is 5.96. The van der Waals surface area contributed by atoms with Crippen LogP contribution in [0.5, 0.6) is 0 Å². The predicted molar refractivity (Wildman–Crippen MR) is 97.8 cm³/mol. The van der Waals surface area contributed by atoms with Gasteiger partial charge in [0.2, 0.25) is 0 Å². The Morgan fingerprint density at radius 3 is 2.52 bits per heavy atom. The van der Waals surface area contributed by atoms with E-state index >= 15 is 0 Å². The molecule has 7 nitrogen and oxygen atoms in total. The lowest BCUT2D eigenvalue weighted by molar-refractivity contribution is -0.384. The standard InChI is InChI=1S/C19H15F3N2O5/c1-12(18(26)23-15-6-3-7-16(11-15)24(27)28)29-17(25)9-8-13-4-2-5-14(10-13)19(20,21)22/h2-12H,1H3,(H,23,26). The summed E-state index contributed by atoms with van der Waals surface area (Å²) in [7, 11) is 0. The Labute approximate surface area is 162 Å². The summed E-state index contributed by atoms with van der Waals surface area (Å²) in [5, 5.41) is 13.1. The van der Waals surface area contributed by atoms with Gasteiger partial charge in [0.05, 0.1) is 10.5 Å². The van der Waals surface area contributed by atoms with Gasteiger partial charge in [0.15, 0.2) is 6.10 Å². The fourth-order valence-electron chi connectivity index (χ4n) is 2.19. The van der Waals surface area contributed by atoms with Crippen molar-refractivity contribution >= 4 is 29.3 Å². The number of alkyl halides is 3. The number of esters is 1. The lowest BCUT2D eigenvalue weighted by Gasteiger charge is -2.12. The minimum absolute atomic E-state index is 0.130. The van der Waals surface area contributed by atoms with Crippen LogP contribution < -0.4 is 5.32 Å². The van der Waals surface area contributed by atoms with Gasteiger partial charge in [-0.2, -0.15) is 13.2 Å². The van der Waals surface area contributed by atoms with Gasteiger partial charge in [0.25, 0.3) is 11.6 Å². The summed E-state index contributed by atoms with van der Waals surface area (Å²) in [6.07, 6.45) is -3.73. The number of rotatable bonds is 6. The smallest absolute Gasteiger partial charge is 0.416 e. The molecule has 10 heteroatoms. The first kappa shape index (κ1) is 21.6. The van der Waals surface area contributed by atoms with E-state index in [1.54, 1.807) is 0 Å². The second kappa shape index (κ2) is 9.00. The molecule has 152 valence electrons. The molecule has 0 saturated heterocycles. The van der Waals surface area contributed by atoms with Crippen molar-refractivity contribution in [1.29, 1.82) is 0 Å². The number of nitrogens with zero attached hydrogens (tertiary/aromatic N) is 1. The molecule has 0 bridgehead atoms. The summed E-state index contributed by atoms with van der Waals surface area (Å²) in [6.45, 7) is 1.28. The molecule has 1 atom stereocenters. The first-order valence-corrected chi connectivity index (χ1v) is 8.17. The Balaban J connectivity index is 1.96. The van der Waals surface area contributed by atoms with Crippen LogP contribution in [0.15, 0.2) is 54.6 Å². The number of nitro groups is 1. The highest BCUT2D eigenvalue weighted by Crippen LogP contribution is 2.29. The van der Waals surface area contributed by atoms with Gasteiger partial charge in [-0.05, 0) is 36.8 Å². The van der Waals surface area contributed by atoms with Gasteiger partial charge in [0.1, 0.15) is 0 Å². The molecule has 1 N–H and O–H groups in total. The summed E-state index contributed by atoms with van der Waals surface area (Å²) in [4.78, 5) is 34.0. The number of hydrogen-bond acceptors (Lipinski definition) is 5. The van der Waals surface area contributed by atoms with Gasteiger partial charge < -0.3 is 10.1 Å². The Morgan fingerprint density at radius 2 is 1.86 bits per heavy atom. The van der Waals surface area contributed by atoms with Crippen molar-refractivity contribution in [2.24, 2.45) is 0 Å². The number of nitro benzene ring substituents is 1. The van der Waals surface area contributed by atoms with Crippen molar-refractivity contribution in [2.45, 2.75) is 19.2 Å². The third-order valence-electron chi connectivity index (χ3n) is 3.61. The van der Waals surface area contributed by atoms with E-state index in [4.69, 9.17) is 4.74 Å². The highest BCUT2D eigenvalue weighted by atomic mass is 19.4. The summed E-state index contributed by atoms with van der Waals surface area (Å²) >= 11 is 0. The Hall–Kier alpha value is -3.69. The largest absolute Gasteiger partial charge is 0.449 e. The van der Waals surface area contributed by atoms with E-state index in [2.05, 4.69) is 5.32 Å². The zero-order valence-corrected chi connectivity index (χ0v) is 15.0. The van der Waals surface area contributed by atoms with E-state index in [0.29, 0.717) is 0 Å². The number of carbonyl (C=O) groups excluding carboxylic acids is 2. The van der Waals surface area contributed by atoms with Crippen molar-refractivity contribution in [3.05, 3.63) is 75.8 Å². The van der Waals surface area contributed by atoms with Crippen LogP contribution in [-0.2, 0) is 20.5 Å². The maximum atomic E-state index is 12.7. The van der Waals surface area contributed by atoms with Crippen LogP contribution in [0, 0.1) is 10.1 Å². The van der Waals surface area contributed by atoms with Crippen LogP contribution in [0.1, 0.15) is 18.1 Å². The molecular weight excluding hydrogens is 393 g/mol. The molecule has 0 heterocycles. The van der Waals surface area contributed by atoms with Crippen LogP contribution in [0.4, 0.5) is 24.5 Å². The summed E-state index contributed by atoms with van der Waals surface area (Å²) in [6, 6.07) is 9.52. The minimum atomic E-state index is -4.51. The number of anilines is 1. The second-order valence-corrected chi connectivity index (χ2v) is 5.83. The molecular formula is C19H15F3N2O5. The van der Waals surface area contributed by atoms with E-state index in [-0.39, 0.29) is 16.9 Å². The molecule has 0 aliphatic rings. The van der Waals surface area contributed by atoms with Gasteiger partial charge in [0, 0.05) is 23.9 Å². The second-order valence-electron chi connectivity index (χ2n) is 5.83. The SMILES string of the molecule is CC(OC(=O)C=Cc1cccc(C(F)(F)F)c1)C(=O)Nc1cccc([N+](=O)[O-])c1. The van der Waals surface area contributed by atoms with Gasteiger partial charge in [-0.15, -0.1) is 0 Å². The van der Waals surface area contributed by atoms with Crippen molar-refractivity contribution in [1.82, 2.24) is 0 Å². The number of ether oxygens (including phenoxy) is 1. The van der Waals surface area contributed by atoms with Gasteiger partial charge >= 0.3 is 12.1 Å². The van der Waals surface area contributed by atoms with Crippen molar-refractivity contribution in [3.8, 4) is 0 Å². The Bertz CT molecular complexity index is 957. The summed E-state index contributed by atoms with van der Waals surface area (Å²) in [5.41, 5.74) is -0.814. The van der Waals surface area contributed by atoms with Crippen LogP contribution >= 0.6 is 0 Å². The number of halogens is 3. The normalized spacial score (nSPS) is 12.4. The fourth-order valence-corrected chi connectivity index (χ4v) is 2.19. The van der Waals surface area contributed by atoms with Crippen LogP contribution in [0.2, 0.25) is 0 Å². The maximum absolute atomic E-state index is 12.7. The fraction of sp³-hybridized carbons (Fsp3) is 0.158. The monoisotopic (exact) mass is 408 g/mol. The van der Waals surface area contributed by atoms with Crippen molar-refractivity contribution in [3.63, 3.8) is 0 Å². The van der Waals surface area contributed by atoms with Gasteiger partial charge in [-0.1, -0.05) is 18.2 Å². The average molecular weight is 408 g/mol. The summed E-state index contributed by atoms with van der Waals surface area (Å²) < 4.78 is 42.9. The molecule has 2 aromatic carbocycles.